The van der Waals surface area contributed by atoms with E-state index >= 15 is 0 Å². The molecule has 98 valence electrons. The fraction of sp³-hybridized carbons (Fsp3) is 0.818. The summed E-state index contributed by atoms with van der Waals surface area (Å²) in [6.45, 7) is 2.77. The van der Waals surface area contributed by atoms with Gasteiger partial charge in [0.1, 0.15) is 11.6 Å². The molecule has 1 heterocycles. The molecule has 0 aromatic carbocycles. The van der Waals surface area contributed by atoms with E-state index in [1.807, 2.05) is 0 Å². The molecule has 0 aliphatic carbocycles. The van der Waals surface area contributed by atoms with Crippen molar-refractivity contribution in [3.05, 3.63) is 0 Å². The summed E-state index contributed by atoms with van der Waals surface area (Å²) in [4.78, 5) is 23.8. The Kier molecular flexibility index (Phi) is 4.47. The average Bonchev–Trinajstić information content (AvgIpc) is 2.58. The molecular weight excluding hydrogens is 224 g/mol. The minimum Gasteiger partial charge on any atom is -0.480 e. The standard InChI is InChI=1S/C11H20N2O4/c1-2-3-4-5-13-7-11(12,10(16)17)6-8(13)9(14)15/h8H,2-7,12H2,1H3,(H,14,15)(H,16,17)/t8-,11-/m1/s1. The second-order valence-corrected chi connectivity index (χ2v) is 4.70. The summed E-state index contributed by atoms with van der Waals surface area (Å²) in [6, 6.07) is -0.770. The van der Waals surface area contributed by atoms with Crippen LogP contribution in [0.4, 0.5) is 0 Å². The molecule has 17 heavy (non-hydrogen) atoms. The molecule has 0 aromatic rings. The number of nitrogens with zero attached hydrogens (tertiary/aromatic N) is 1. The molecule has 6 nitrogen and oxygen atoms in total. The van der Waals surface area contributed by atoms with Crippen molar-refractivity contribution in [3.63, 3.8) is 0 Å². The molecule has 0 amide bonds. The maximum absolute atomic E-state index is 11.1. The van der Waals surface area contributed by atoms with Crippen molar-refractivity contribution in [1.82, 2.24) is 4.90 Å². The SMILES string of the molecule is CCCCCN1C[C@@](N)(C(=O)O)C[C@@H]1C(=O)O. The van der Waals surface area contributed by atoms with Gasteiger partial charge in [-0.3, -0.25) is 14.5 Å². The molecular formula is C11H20N2O4. The lowest BCUT2D eigenvalue weighted by Gasteiger charge is -2.21. The zero-order valence-electron chi connectivity index (χ0n) is 10.1. The monoisotopic (exact) mass is 244 g/mol. The van der Waals surface area contributed by atoms with E-state index in [-0.39, 0.29) is 13.0 Å². The van der Waals surface area contributed by atoms with E-state index in [1.54, 1.807) is 4.90 Å². The summed E-state index contributed by atoms with van der Waals surface area (Å²) < 4.78 is 0. The summed E-state index contributed by atoms with van der Waals surface area (Å²) in [5.74, 6) is -2.11. The van der Waals surface area contributed by atoms with Gasteiger partial charge in [-0.25, -0.2) is 0 Å². The third-order valence-corrected chi connectivity index (χ3v) is 3.24. The molecule has 6 heteroatoms. The van der Waals surface area contributed by atoms with Gasteiger partial charge >= 0.3 is 11.9 Å². The molecule has 1 rings (SSSR count). The van der Waals surface area contributed by atoms with Crippen molar-refractivity contribution in [1.29, 1.82) is 0 Å². The number of hydrogen-bond acceptors (Lipinski definition) is 4. The van der Waals surface area contributed by atoms with Crippen molar-refractivity contribution < 1.29 is 19.8 Å². The summed E-state index contributed by atoms with van der Waals surface area (Å²) >= 11 is 0. The van der Waals surface area contributed by atoms with Crippen LogP contribution in [0.3, 0.4) is 0 Å². The van der Waals surface area contributed by atoms with Crippen LogP contribution in [0.1, 0.15) is 32.6 Å². The highest BCUT2D eigenvalue weighted by Gasteiger charge is 2.49. The fourth-order valence-electron chi connectivity index (χ4n) is 2.21. The van der Waals surface area contributed by atoms with Crippen LogP contribution in [-0.4, -0.2) is 51.7 Å². The van der Waals surface area contributed by atoms with E-state index in [0.29, 0.717) is 6.54 Å². The minimum atomic E-state index is -1.42. The molecule has 0 bridgehead atoms. The van der Waals surface area contributed by atoms with Gasteiger partial charge in [0.15, 0.2) is 0 Å². The van der Waals surface area contributed by atoms with E-state index in [4.69, 9.17) is 15.9 Å². The topological polar surface area (TPSA) is 104 Å². The number of hydrogen-bond donors (Lipinski definition) is 3. The van der Waals surface area contributed by atoms with Gasteiger partial charge < -0.3 is 15.9 Å². The summed E-state index contributed by atoms with van der Waals surface area (Å²) in [6.07, 6.45) is 2.89. The number of aliphatic carboxylic acids is 2. The van der Waals surface area contributed by atoms with Crippen LogP contribution in [0.15, 0.2) is 0 Å². The van der Waals surface area contributed by atoms with Gasteiger partial charge in [0, 0.05) is 13.0 Å². The van der Waals surface area contributed by atoms with Gasteiger partial charge in [-0.05, 0) is 13.0 Å². The molecule has 2 atom stereocenters. The molecule has 0 aromatic heterocycles. The Bertz CT molecular complexity index is 308. The number of likely N-dealkylation sites (tertiary alicyclic amines) is 1. The highest BCUT2D eigenvalue weighted by Crippen LogP contribution is 2.26. The molecule has 0 radical (unpaired) electrons. The molecule has 1 fully saturated rings. The maximum Gasteiger partial charge on any atom is 0.325 e. The van der Waals surface area contributed by atoms with E-state index < -0.39 is 23.5 Å². The highest BCUT2D eigenvalue weighted by molar-refractivity contribution is 5.83. The third kappa shape index (κ3) is 3.17. The van der Waals surface area contributed by atoms with Gasteiger partial charge in [0.25, 0.3) is 0 Å². The second kappa shape index (κ2) is 5.46. The number of carbonyl (C=O) groups is 2. The molecule has 0 spiro atoms. The third-order valence-electron chi connectivity index (χ3n) is 3.24. The van der Waals surface area contributed by atoms with Gasteiger partial charge in [0.05, 0.1) is 0 Å². The second-order valence-electron chi connectivity index (χ2n) is 4.70. The van der Waals surface area contributed by atoms with Gasteiger partial charge in [-0.1, -0.05) is 19.8 Å². The number of nitrogens with two attached hydrogens (primary N) is 1. The van der Waals surface area contributed by atoms with Crippen LogP contribution in [0.2, 0.25) is 0 Å². The Hall–Kier alpha value is -1.14. The number of unbranched alkanes of at least 4 members (excludes halogenated alkanes) is 2. The molecule has 0 saturated carbocycles. The summed E-state index contributed by atoms with van der Waals surface area (Å²) in [5.41, 5.74) is 4.30. The maximum atomic E-state index is 11.1. The molecule has 1 saturated heterocycles. The molecule has 1 aliphatic rings. The van der Waals surface area contributed by atoms with Gasteiger partial charge in [-0.15, -0.1) is 0 Å². The van der Waals surface area contributed by atoms with Gasteiger partial charge in [-0.2, -0.15) is 0 Å². The van der Waals surface area contributed by atoms with Crippen molar-refractivity contribution >= 4 is 11.9 Å². The normalized spacial score (nSPS) is 29.4. The molecule has 1 aliphatic heterocycles. The summed E-state index contributed by atoms with van der Waals surface area (Å²) in [5, 5.41) is 18.1. The first kappa shape index (κ1) is 13.9. The minimum absolute atomic E-state index is 0.0240. The first-order chi connectivity index (χ1) is 7.90. The van der Waals surface area contributed by atoms with Crippen LogP contribution >= 0.6 is 0 Å². The van der Waals surface area contributed by atoms with Crippen LogP contribution in [0.5, 0.6) is 0 Å². The largest absolute Gasteiger partial charge is 0.480 e. The lowest BCUT2D eigenvalue weighted by atomic mass is 9.98. The Morgan fingerprint density at radius 1 is 1.41 bits per heavy atom. The quantitative estimate of drug-likeness (QED) is 0.573. The Balaban J connectivity index is 2.67. The molecule has 4 N–H and O–H groups in total. The predicted octanol–water partition coefficient (Wildman–Crippen LogP) is 0.118. The smallest absolute Gasteiger partial charge is 0.325 e. The van der Waals surface area contributed by atoms with Crippen molar-refractivity contribution in [2.24, 2.45) is 5.73 Å². The predicted molar refractivity (Wildman–Crippen MR) is 61.7 cm³/mol. The van der Waals surface area contributed by atoms with Crippen molar-refractivity contribution in [3.8, 4) is 0 Å². The van der Waals surface area contributed by atoms with E-state index in [0.717, 1.165) is 19.3 Å². The Labute approximate surface area is 100 Å². The Morgan fingerprint density at radius 2 is 2.06 bits per heavy atom. The number of rotatable bonds is 6. The number of carboxylic acid groups (broad SMARTS) is 2. The van der Waals surface area contributed by atoms with E-state index in [9.17, 15) is 9.59 Å². The van der Waals surface area contributed by atoms with E-state index in [2.05, 4.69) is 6.92 Å². The average molecular weight is 244 g/mol. The lowest BCUT2D eigenvalue weighted by Crippen LogP contribution is -2.50. The molecule has 0 unspecified atom stereocenters. The van der Waals surface area contributed by atoms with Crippen LogP contribution < -0.4 is 5.73 Å². The first-order valence-electron chi connectivity index (χ1n) is 5.90. The zero-order valence-corrected chi connectivity index (χ0v) is 10.1. The lowest BCUT2D eigenvalue weighted by molar-refractivity contribution is -0.142. The Morgan fingerprint density at radius 3 is 2.53 bits per heavy atom. The summed E-state index contributed by atoms with van der Waals surface area (Å²) in [7, 11) is 0. The van der Waals surface area contributed by atoms with E-state index in [1.165, 1.54) is 0 Å². The van der Waals surface area contributed by atoms with Crippen LogP contribution in [0.25, 0.3) is 0 Å². The van der Waals surface area contributed by atoms with Gasteiger partial charge in [0.2, 0.25) is 0 Å². The zero-order chi connectivity index (χ0) is 13.1. The van der Waals surface area contributed by atoms with Crippen molar-refractivity contribution in [2.45, 2.75) is 44.2 Å². The highest BCUT2D eigenvalue weighted by atomic mass is 16.4. The first-order valence-corrected chi connectivity index (χ1v) is 5.90. The van der Waals surface area contributed by atoms with Crippen LogP contribution in [0, 0.1) is 0 Å². The van der Waals surface area contributed by atoms with Crippen molar-refractivity contribution in [2.75, 3.05) is 13.1 Å². The number of carboxylic acids is 2. The van der Waals surface area contributed by atoms with Crippen LogP contribution in [-0.2, 0) is 9.59 Å². The fourth-order valence-corrected chi connectivity index (χ4v) is 2.21.